The molecule has 2 saturated carbocycles. The zero-order chi connectivity index (χ0) is 16.0. The molecule has 3 fully saturated rings. The van der Waals surface area contributed by atoms with Crippen molar-refractivity contribution in [1.29, 1.82) is 0 Å². The van der Waals surface area contributed by atoms with Gasteiger partial charge in [-0.25, -0.2) is 0 Å². The summed E-state index contributed by atoms with van der Waals surface area (Å²) in [6.07, 6.45) is 4.69. The van der Waals surface area contributed by atoms with Crippen molar-refractivity contribution in [2.75, 3.05) is 13.1 Å². The molecule has 1 aromatic rings. The number of amides is 1. The lowest BCUT2D eigenvalue weighted by Gasteiger charge is -2.23. The van der Waals surface area contributed by atoms with Gasteiger partial charge >= 0.3 is 5.97 Å². The monoisotopic (exact) mass is 313 g/mol. The molecular weight excluding hydrogens is 290 g/mol. The first-order chi connectivity index (χ1) is 11.1. The summed E-state index contributed by atoms with van der Waals surface area (Å²) in [6.45, 7) is 0.916. The number of carbonyl (C=O) groups is 2. The molecule has 1 saturated heterocycles. The second-order valence-electron chi connectivity index (χ2n) is 7.41. The SMILES string of the molecule is O=C(O)C1CN(C(=O)C(C2CC2)C2CC2)CC1c1ccccc1. The summed E-state index contributed by atoms with van der Waals surface area (Å²) in [5.41, 5.74) is 1.03. The van der Waals surface area contributed by atoms with E-state index in [0.29, 0.717) is 24.9 Å². The molecule has 4 nitrogen and oxygen atoms in total. The number of carboxylic acids is 1. The van der Waals surface area contributed by atoms with Crippen molar-refractivity contribution in [1.82, 2.24) is 4.90 Å². The Labute approximate surface area is 136 Å². The van der Waals surface area contributed by atoms with Gasteiger partial charge < -0.3 is 10.0 Å². The van der Waals surface area contributed by atoms with Gasteiger partial charge in [-0.3, -0.25) is 9.59 Å². The third kappa shape index (κ3) is 2.87. The van der Waals surface area contributed by atoms with Crippen LogP contribution in [0.4, 0.5) is 0 Å². The average molecular weight is 313 g/mol. The quantitative estimate of drug-likeness (QED) is 0.909. The van der Waals surface area contributed by atoms with Crippen LogP contribution in [0.1, 0.15) is 37.2 Å². The van der Waals surface area contributed by atoms with Crippen LogP contribution in [0.3, 0.4) is 0 Å². The van der Waals surface area contributed by atoms with Gasteiger partial charge in [0.05, 0.1) is 5.92 Å². The van der Waals surface area contributed by atoms with E-state index in [-0.39, 0.29) is 17.7 Å². The summed E-state index contributed by atoms with van der Waals surface area (Å²) in [6, 6.07) is 9.78. The van der Waals surface area contributed by atoms with Crippen LogP contribution >= 0.6 is 0 Å². The van der Waals surface area contributed by atoms with Crippen molar-refractivity contribution in [2.24, 2.45) is 23.7 Å². The Morgan fingerprint density at radius 1 is 1.00 bits per heavy atom. The van der Waals surface area contributed by atoms with Crippen molar-refractivity contribution >= 4 is 11.9 Å². The first-order valence-electron chi connectivity index (χ1n) is 8.71. The number of rotatable bonds is 5. The molecule has 1 heterocycles. The van der Waals surface area contributed by atoms with Crippen LogP contribution in [0.5, 0.6) is 0 Å². The number of nitrogens with zero attached hydrogens (tertiary/aromatic N) is 1. The number of aliphatic carboxylic acids is 1. The molecule has 0 bridgehead atoms. The molecule has 3 aliphatic rings. The summed E-state index contributed by atoms with van der Waals surface area (Å²) in [5.74, 6) is 0.155. The Morgan fingerprint density at radius 3 is 2.13 bits per heavy atom. The van der Waals surface area contributed by atoms with E-state index in [1.807, 2.05) is 35.2 Å². The lowest BCUT2D eigenvalue weighted by molar-refractivity contribution is -0.142. The molecule has 0 spiro atoms. The highest BCUT2D eigenvalue weighted by Gasteiger charge is 2.49. The Bertz CT molecular complexity index is 594. The van der Waals surface area contributed by atoms with Gasteiger partial charge in [-0.1, -0.05) is 30.3 Å². The summed E-state index contributed by atoms with van der Waals surface area (Å²) in [4.78, 5) is 26.5. The largest absolute Gasteiger partial charge is 0.481 e. The summed E-state index contributed by atoms with van der Waals surface area (Å²) in [5, 5.41) is 9.59. The summed E-state index contributed by atoms with van der Waals surface area (Å²) < 4.78 is 0. The first kappa shape index (κ1) is 14.7. The standard InChI is InChI=1S/C19H23NO3/c21-18(17(13-6-7-13)14-8-9-14)20-10-15(16(11-20)19(22)23)12-4-2-1-3-5-12/h1-5,13-17H,6-11H2,(H,22,23). The molecule has 4 heteroatoms. The minimum Gasteiger partial charge on any atom is -0.481 e. The Balaban J connectivity index is 1.54. The van der Waals surface area contributed by atoms with E-state index in [4.69, 9.17) is 0 Å². The summed E-state index contributed by atoms with van der Waals surface area (Å²) >= 11 is 0. The number of likely N-dealkylation sites (tertiary alicyclic amines) is 1. The molecule has 1 aliphatic heterocycles. The predicted molar refractivity (Wildman–Crippen MR) is 85.8 cm³/mol. The number of benzene rings is 1. The number of hydrogen-bond donors (Lipinski definition) is 1. The fourth-order valence-electron chi connectivity index (χ4n) is 4.18. The maximum absolute atomic E-state index is 13.0. The van der Waals surface area contributed by atoms with Gasteiger partial charge in [0.15, 0.2) is 0 Å². The normalized spacial score (nSPS) is 27.4. The van der Waals surface area contributed by atoms with Crippen molar-refractivity contribution in [2.45, 2.75) is 31.6 Å². The Kier molecular flexibility index (Phi) is 3.63. The minimum atomic E-state index is -0.788. The second-order valence-corrected chi connectivity index (χ2v) is 7.41. The number of hydrogen-bond acceptors (Lipinski definition) is 2. The van der Waals surface area contributed by atoms with Crippen molar-refractivity contribution in [3.05, 3.63) is 35.9 Å². The van der Waals surface area contributed by atoms with Gasteiger partial charge in [0.25, 0.3) is 0 Å². The van der Waals surface area contributed by atoms with E-state index in [0.717, 1.165) is 5.56 Å². The fraction of sp³-hybridized carbons (Fsp3) is 0.579. The van der Waals surface area contributed by atoms with Crippen LogP contribution in [0, 0.1) is 23.7 Å². The maximum Gasteiger partial charge on any atom is 0.308 e. The van der Waals surface area contributed by atoms with Crippen LogP contribution in [0.15, 0.2) is 30.3 Å². The third-order valence-electron chi connectivity index (χ3n) is 5.72. The van der Waals surface area contributed by atoms with Gasteiger partial charge in [0, 0.05) is 24.9 Å². The Morgan fingerprint density at radius 2 is 1.61 bits per heavy atom. The molecule has 2 atom stereocenters. The van der Waals surface area contributed by atoms with E-state index in [1.165, 1.54) is 25.7 Å². The topological polar surface area (TPSA) is 57.6 Å². The summed E-state index contributed by atoms with van der Waals surface area (Å²) in [7, 11) is 0. The van der Waals surface area contributed by atoms with Crippen molar-refractivity contribution in [3.8, 4) is 0 Å². The highest BCUT2D eigenvalue weighted by molar-refractivity contribution is 5.82. The van der Waals surface area contributed by atoms with Gasteiger partial charge in [0.1, 0.15) is 0 Å². The molecule has 122 valence electrons. The van der Waals surface area contributed by atoms with E-state index in [2.05, 4.69) is 0 Å². The predicted octanol–water partition coefficient (Wildman–Crippen LogP) is 2.75. The molecule has 23 heavy (non-hydrogen) atoms. The molecule has 1 aromatic carbocycles. The lowest BCUT2D eigenvalue weighted by atomic mass is 9.89. The van der Waals surface area contributed by atoms with Gasteiger partial charge in [-0.05, 0) is 43.1 Å². The molecule has 0 aromatic heterocycles. The molecule has 2 unspecified atom stereocenters. The zero-order valence-corrected chi connectivity index (χ0v) is 13.2. The lowest BCUT2D eigenvalue weighted by Crippen LogP contribution is -2.37. The second kappa shape index (κ2) is 5.66. The van der Waals surface area contributed by atoms with Gasteiger partial charge in [-0.2, -0.15) is 0 Å². The average Bonchev–Trinajstić information content (AvgIpc) is 3.48. The van der Waals surface area contributed by atoms with Crippen LogP contribution in [0.2, 0.25) is 0 Å². The molecule has 1 amide bonds. The van der Waals surface area contributed by atoms with E-state index in [9.17, 15) is 14.7 Å². The van der Waals surface area contributed by atoms with E-state index in [1.54, 1.807) is 0 Å². The highest BCUT2D eigenvalue weighted by atomic mass is 16.4. The van der Waals surface area contributed by atoms with Gasteiger partial charge in [-0.15, -0.1) is 0 Å². The highest BCUT2D eigenvalue weighted by Crippen LogP contribution is 2.50. The molecular formula is C19H23NO3. The van der Waals surface area contributed by atoms with Crippen molar-refractivity contribution in [3.63, 3.8) is 0 Å². The molecule has 4 rings (SSSR count). The molecule has 0 radical (unpaired) electrons. The molecule has 2 aliphatic carbocycles. The zero-order valence-electron chi connectivity index (χ0n) is 13.2. The minimum absolute atomic E-state index is 0.0864. The van der Waals surface area contributed by atoms with Crippen LogP contribution in [-0.4, -0.2) is 35.0 Å². The third-order valence-corrected chi connectivity index (χ3v) is 5.72. The smallest absolute Gasteiger partial charge is 0.308 e. The number of carboxylic acid groups (broad SMARTS) is 1. The van der Waals surface area contributed by atoms with Crippen LogP contribution < -0.4 is 0 Å². The number of carbonyl (C=O) groups excluding carboxylic acids is 1. The van der Waals surface area contributed by atoms with Gasteiger partial charge in [0.2, 0.25) is 5.91 Å². The maximum atomic E-state index is 13.0. The van der Waals surface area contributed by atoms with Crippen LogP contribution in [-0.2, 0) is 9.59 Å². The first-order valence-corrected chi connectivity index (χ1v) is 8.71. The fourth-order valence-corrected chi connectivity index (χ4v) is 4.18. The van der Waals surface area contributed by atoms with E-state index >= 15 is 0 Å². The molecule has 1 N–H and O–H groups in total. The Hall–Kier alpha value is -1.84. The van der Waals surface area contributed by atoms with Crippen molar-refractivity contribution < 1.29 is 14.7 Å². The van der Waals surface area contributed by atoms with E-state index < -0.39 is 11.9 Å². The van der Waals surface area contributed by atoms with Crippen LogP contribution in [0.25, 0.3) is 0 Å².